The zero-order valence-corrected chi connectivity index (χ0v) is 19.3. The Kier molecular flexibility index (Phi) is 7.34. The molecule has 0 saturated carbocycles. The summed E-state index contributed by atoms with van der Waals surface area (Å²) in [6, 6.07) is 7.02. The summed E-state index contributed by atoms with van der Waals surface area (Å²) in [5.41, 5.74) is 2.18. The van der Waals surface area contributed by atoms with Crippen LogP contribution in [0, 0.1) is 13.8 Å². The van der Waals surface area contributed by atoms with Crippen molar-refractivity contribution in [2.24, 2.45) is 0 Å². The largest absolute Gasteiger partial charge is 0.489 e. The van der Waals surface area contributed by atoms with E-state index in [9.17, 15) is 13.2 Å². The zero-order chi connectivity index (χ0) is 22.6. The highest BCUT2D eigenvalue weighted by Crippen LogP contribution is 2.20. The van der Waals surface area contributed by atoms with Crippen LogP contribution in [0.5, 0.6) is 5.75 Å². The number of rotatable bonds is 8. The maximum Gasteiger partial charge on any atom is 0.282 e. The number of hydrogen-bond acceptors (Lipinski definition) is 6. The van der Waals surface area contributed by atoms with E-state index in [0.717, 1.165) is 11.3 Å². The molecule has 1 saturated heterocycles. The van der Waals surface area contributed by atoms with Gasteiger partial charge < -0.3 is 14.2 Å². The number of nitrogens with zero attached hydrogens (tertiary/aromatic N) is 4. The Bertz CT molecular complexity index is 989. The summed E-state index contributed by atoms with van der Waals surface area (Å²) >= 11 is 0. The number of carbonyl (C=O) groups is 1. The van der Waals surface area contributed by atoms with Gasteiger partial charge in [0.1, 0.15) is 18.1 Å². The van der Waals surface area contributed by atoms with Crippen LogP contribution in [0.2, 0.25) is 0 Å². The Labute approximate surface area is 183 Å². The third kappa shape index (κ3) is 5.08. The van der Waals surface area contributed by atoms with E-state index in [4.69, 9.17) is 9.26 Å². The lowest BCUT2D eigenvalue weighted by Gasteiger charge is -2.36. The smallest absolute Gasteiger partial charge is 0.282 e. The predicted molar refractivity (Wildman–Crippen MR) is 116 cm³/mol. The molecule has 2 aromatic rings. The molecule has 0 bridgehead atoms. The van der Waals surface area contributed by atoms with Crippen LogP contribution in [0.4, 0.5) is 0 Å². The highest BCUT2D eigenvalue weighted by Gasteiger charge is 2.32. The van der Waals surface area contributed by atoms with Crippen molar-refractivity contribution in [2.75, 3.05) is 39.3 Å². The van der Waals surface area contributed by atoms with E-state index in [2.05, 4.69) is 5.16 Å². The molecular formula is C21H30N4O5S. The number of benzene rings is 1. The fourth-order valence-corrected chi connectivity index (χ4v) is 5.20. The van der Waals surface area contributed by atoms with Crippen molar-refractivity contribution < 1.29 is 22.5 Å². The summed E-state index contributed by atoms with van der Waals surface area (Å²) in [5.74, 6) is 1.15. The van der Waals surface area contributed by atoms with Crippen LogP contribution in [-0.2, 0) is 16.8 Å². The van der Waals surface area contributed by atoms with E-state index >= 15 is 0 Å². The van der Waals surface area contributed by atoms with Crippen LogP contribution < -0.4 is 4.74 Å². The van der Waals surface area contributed by atoms with Crippen molar-refractivity contribution in [1.29, 1.82) is 0 Å². The summed E-state index contributed by atoms with van der Waals surface area (Å²) in [6.07, 6.45) is 0. The van der Waals surface area contributed by atoms with Crippen molar-refractivity contribution >= 4 is 16.1 Å². The van der Waals surface area contributed by atoms with Crippen molar-refractivity contribution in [3.8, 4) is 5.75 Å². The number of amides is 1. The molecule has 31 heavy (non-hydrogen) atoms. The van der Waals surface area contributed by atoms with Gasteiger partial charge in [0.25, 0.3) is 16.1 Å². The van der Waals surface area contributed by atoms with Gasteiger partial charge in [-0.3, -0.25) is 4.79 Å². The quantitative estimate of drug-likeness (QED) is 0.612. The van der Waals surface area contributed by atoms with Gasteiger partial charge >= 0.3 is 0 Å². The Morgan fingerprint density at radius 3 is 2.42 bits per heavy atom. The molecular weight excluding hydrogens is 420 g/mol. The van der Waals surface area contributed by atoms with Crippen LogP contribution in [0.25, 0.3) is 0 Å². The maximum atomic E-state index is 13.0. The van der Waals surface area contributed by atoms with E-state index in [1.165, 1.54) is 8.61 Å². The van der Waals surface area contributed by atoms with Gasteiger partial charge in [-0.05, 0) is 32.0 Å². The standard InChI is InChI=1S/C21H30N4O5S/c1-5-24(6-2)31(27,28)25-12-10-23(11-13-25)21(26)18-8-7-9-19(14-18)29-15-20-16(3)22-30-17(20)4/h7-9,14H,5-6,10-13,15H2,1-4H3. The Hall–Kier alpha value is -2.43. The van der Waals surface area contributed by atoms with E-state index in [1.54, 1.807) is 29.2 Å². The molecule has 1 amide bonds. The topological polar surface area (TPSA) is 96.2 Å². The predicted octanol–water partition coefficient (Wildman–Crippen LogP) is 2.21. The van der Waals surface area contributed by atoms with Gasteiger partial charge in [-0.2, -0.15) is 17.0 Å². The normalized spacial score (nSPS) is 15.5. The van der Waals surface area contributed by atoms with Crippen LogP contribution in [0.1, 0.15) is 41.2 Å². The van der Waals surface area contributed by atoms with Crippen LogP contribution in [0.15, 0.2) is 28.8 Å². The molecule has 9 nitrogen and oxygen atoms in total. The van der Waals surface area contributed by atoms with Crippen LogP contribution in [-0.4, -0.2) is 72.3 Å². The number of hydrogen-bond donors (Lipinski definition) is 0. The van der Waals surface area contributed by atoms with Gasteiger partial charge in [-0.1, -0.05) is 25.1 Å². The van der Waals surface area contributed by atoms with E-state index in [0.29, 0.717) is 49.9 Å². The first-order valence-corrected chi connectivity index (χ1v) is 11.9. The second kappa shape index (κ2) is 9.80. The van der Waals surface area contributed by atoms with Gasteiger partial charge in [0.2, 0.25) is 0 Å². The molecule has 0 radical (unpaired) electrons. The molecule has 0 aliphatic carbocycles. The highest BCUT2D eigenvalue weighted by molar-refractivity contribution is 7.86. The summed E-state index contributed by atoms with van der Waals surface area (Å²) < 4.78 is 39.2. The second-order valence-electron chi connectivity index (χ2n) is 7.40. The van der Waals surface area contributed by atoms with Crippen molar-refractivity contribution in [3.63, 3.8) is 0 Å². The molecule has 1 fully saturated rings. The number of piperazine rings is 1. The summed E-state index contributed by atoms with van der Waals surface area (Å²) in [7, 11) is -3.48. The van der Waals surface area contributed by atoms with E-state index in [1.807, 2.05) is 27.7 Å². The van der Waals surface area contributed by atoms with E-state index in [-0.39, 0.29) is 19.0 Å². The average molecular weight is 451 g/mol. The first kappa shape index (κ1) is 23.2. The van der Waals surface area contributed by atoms with Crippen molar-refractivity contribution in [1.82, 2.24) is 18.7 Å². The number of aryl methyl sites for hydroxylation is 2. The van der Waals surface area contributed by atoms with Crippen LogP contribution >= 0.6 is 0 Å². The molecule has 2 heterocycles. The zero-order valence-electron chi connectivity index (χ0n) is 18.5. The molecule has 1 aromatic carbocycles. The lowest BCUT2D eigenvalue weighted by molar-refractivity contribution is 0.0693. The first-order chi connectivity index (χ1) is 14.8. The Morgan fingerprint density at radius 1 is 1.16 bits per heavy atom. The summed E-state index contributed by atoms with van der Waals surface area (Å²) in [6.45, 7) is 9.77. The number of ether oxygens (including phenoxy) is 1. The van der Waals surface area contributed by atoms with Crippen molar-refractivity contribution in [3.05, 3.63) is 46.8 Å². The van der Waals surface area contributed by atoms with Gasteiger partial charge in [0.05, 0.1) is 11.3 Å². The monoisotopic (exact) mass is 450 g/mol. The molecule has 0 N–H and O–H groups in total. The summed E-state index contributed by atoms with van der Waals surface area (Å²) in [5, 5.41) is 3.91. The lowest BCUT2D eigenvalue weighted by atomic mass is 10.1. The SMILES string of the molecule is CCN(CC)S(=O)(=O)N1CCN(C(=O)c2cccc(OCc3c(C)noc3C)c2)CC1. The molecule has 170 valence electrons. The average Bonchev–Trinajstić information content (AvgIpc) is 3.10. The van der Waals surface area contributed by atoms with Gasteiger partial charge in [0.15, 0.2) is 0 Å². The third-order valence-electron chi connectivity index (χ3n) is 5.53. The minimum absolute atomic E-state index is 0.136. The third-order valence-corrected chi connectivity index (χ3v) is 7.72. The Morgan fingerprint density at radius 2 is 1.84 bits per heavy atom. The molecule has 10 heteroatoms. The first-order valence-electron chi connectivity index (χ1n) is 10.5. The minimum atomic E-state index is -3.48. The molecule has 3 rings (SSSR count). The fourth-order valence-electron chi connectivity index (χ4n) is 3.60. The van der Waals surface area contributed by atoms with Gasteiger partial charge in [0, 0.05) is 44.8 Å². The molecule has 0 spiro atoms. The summed E-state index contributed by atoms with van der Waals surface area (Å²) in [4.78, 5) is 14.6. The van der Waals surface area contributed by atoms with Crippen molar-refractivity contribution in [2.45, 2.75) is 34.3 Å². The molecule has 1 aromatic heterocycles. The van der Waals surface area contributed by atoms with Crippen LogP contribution in [0.3, 0.4) is 0 Å². The molecule has 1 aliphatic rings. The fraction of sp³-hybridized carbons (Fsp3) is 0.524. The van der Waals surface area contributed by atoms with Gasteiger partial charge in [-0.25, -0.2) is 0 Å². The second-order valence-corrected chi connectivity index (χ2v) is 9.33. The van der Waals surface area contributed by atoms with E-state index < -0.39 is 10.2 Å². The number of carbonyl (C=O) groups excluding carboxylic acids is 1. The number of aromatic nitrogens is 1. The minimum Gasteiger partial charge on any atom is -0.489 e. The highest BCUT2D eigenvalue weighted by atomic mass is 32.2. The molecule has 1 aliphatic heterocycles. The molecule has 0 atom stereocenters. The maximum absolute atomic E-state index is 13.0. The van der Waals surface area contributed by atoms with Gasteiger partial charge in [-0.15, -0.1) is 0 Å². The Balaban J connectivity index is 1.62. The molecule has 0 unspecified atom stereocenters. The lowest BCUT2D eigenvalue weighted by Crippen LogP contribution is -2.54.